The highest BCUT2D eigenvalue weighted by Gasteiger charge is 2.25. The molecule has 0 bridgehead atoms. The number of halogens is 2. The number of nitrogens with one attached hydrogen (secondary N) is 1. The maximum Gasteiger partial charge on any atom is 0.257 e. The molecule has 26 heavy (non-hydrogen) atoms. The number of nitrogens with zero attached hydrogens (tertiary/aromatic N) is 1. The fourth-order valence-electron chi connectivity index (χ4n) is 3.08. The van der Waals surface area contributed by atoms with E-state index < -0.39 is 11.6 Å². The van der Waals surface area contributed by atoms with Crippen LogP contribution in [0.1, 0.15) is 35.2 Å². The lowest BCUT2D eigenvalue weighted by atomic mass is 10.0. The molecule has 1 aliphatic heterocycles. The van der Waals surface area contributed by atoms with Gasteiger partial charge in [-0.3, -0.25) is 9.59 Å². The number of benzene rings is 1. The number of piperidine rings is 1. The Hall–Kier alpha value is -2.70. The molecule has 0 spiro atoms. The van der Waals surface area contributed by atoms with Gasteiger partial charge in [-0.25, -0.2) is 8.78 Å². The molecule has 0 unspecified atom stereocenters. The first-order valence-electron chi connectivity index (χ1n) is 8.57. The van der Waals surface area contributed by atoms with E-state index in [-0.39, 0.29) is 36.3 Å². The van der Waals surface area contributed by atoms with E-state index in [0.717, 1.165) is 18.2 Å². The first-order valence-corrected chi connectivity index (χ1v) is 8.57. The Labute approximate surface area is 150 Å². The van der Waals surface area contributed by atoms with Gasteiger partial charge < -0.3 is 14.6 Å². The van der Waals surface area contributed by atoms with Crippen LogP contribution >= 0.6 is 0 Å². The molecule has 0 saturated carbocycles. The average Bonchev–Trinajstić information content (AvgIpc) is 3.17. The second-order valence-electron chi connectivity index (χ2n) is 6.38. The van der Waals surface area contributed by atoms with Crippen molar-refractivity contribution in [1.29, 1.82) is 0 Å². The van der Waals surface area contributed by atoms with Gasteiger partial charge in [0.2, 0.25) is 5.91 Å². The quantitative estimate of drug-likeness (QED) is 0.890. The Kier molecular flexibility index (Phi) is 5.65. The topological polar surface area (TPSA) is 62.6 Å². The molecular formula is C19H20F2N2O3. The maximum atomic E-state index is 13.6. The molecule has 7 heteroatoms. The molecule has 0 atom stereocenters. The summed E-state index contributed by atoms with van der Waals surface area (Å²) in [6.07, 6.45) is 4.43. The molecule has 138 valence electrons. The van der Waals surface area contributed by atoms with Crippen LogP contribution in [0.5, 0.6) is 0 Å². The van der Waals surface area contributed by atoms with Gasteiger partial charge in [0.25, 0.3) is 5.91 Å². The number of carbonyl (C=O) groups is 2. The summed E-state index contributed by atoms with van der Waals surface area (Å²) in [6.45, 7) is 1.10. The highest BCUT2D eigenvalue weighted by Crippen LogP contribution is 2.15. The Morgan fingerprint density at radius 2 is 1.96 bits per heavy atom. The summed E-state index contributed by atoms with van der Waals surface area (Å²) in [6, 6.07) is 4.84. The highest BCUT2D eigenvalue weighted by atomic mass is 19.1. The van der Waals surface area contributed by atoms with E-state index in [1.165, 1.54) is 12.5 Å². The minimum Gasteiger partial charge on any atom is -0.472 e. The molecule has 1 N–H and O–H groups in total. The number of amides is 2. The predicted octanol–water partition coefficient (Wildman–Crippen LogP) is 2.91. The average molecular weight is 362 g/mol. The van der Waals surface area contributed by atoms with Crippen molar-refractivity contribution < 1.29 is 22.8 Å². The minimum atomic E-state index is -0.517. The van der Waals surface area contributed by atoms with E-state index in [9.17, 15) is 18.4 Å². The lowest BCUT2D eigenvalue weighted by molar-refractivity contribution is -0.122. The standard InChI is InChI=1S/C19H20F2N2O3/c20-15-2-3-17(21)13(11-15)1-4-18(24)22-16-5-8-23(9-6-16)19(25)14-7-10-26-12-14/h2-3,7,10-12,16H,1,4-6,8-9H2,(H,22,24). The SMILES string of the molecule is O=C(CCc1cc(F)ccc1F)NC1CCN(C(=O)c2ccoc2)CC1. The van der Waals surface area contributed by atoms with E-state index in [2.05, 4.69) is 5.32 Å². The van der Waals surface area contributed by atoms with Crippen molar-refractivity contribution in [1.82, 2.24) is 10.2 Å². The normalized spacial score (nSPS) is 15.1. The van der Waals surface area contributed by atoms with Crippen LogP contribution in [0.15, 0.2) is 41.2 Å². The Morgan fingerprint density at radius 1 is 1.19 bits per heavy atom. The Balaban J connectivity index is 1.43. The number of furan rings is 1. The van der Waals surface area contributed by atoms with Gasteiger partial charge in [-0.05, 0) is 49.1 Å². The van der Waals surface area contributed by atoms with Crippen LogP contribution in [0.4, 0.5) is 8.78 Å². The number of hydrogen-bond acceptors (Lipinski definition) is 3. The molecule has 0 aliphatic carbocycles. The van der Waals surface area contributed by atoms with Crippen LogP contribution in [-0.4, -0.2) is 35.8 Å². The van der Waals surface area contributed by atoms with Crippen LogP contribution in [-0.2, 0) is 11.2 Å². The summed E-state index contributed by atoms with van der Waals surface area (Å²) in [4.78, 5) is 26.0. The monoisotopic (exact) mass is 362 g/mol. The van der Waals surface area contributed by atoms with Gasteiger partial charge in [-0.2, -0.15) is 0 Å². The molecule has 1 fully saturated rings. The first-order chi connectivity index (χ1) is 12.5. The maximum absolute atomic E-state index is 13.6. The summed E-state index contributed by atoms with van der Waals surface area (Å²) < 4.78 is 31.6. The third kappa shape index (κ3) is 4.47. The Bertz CT molecular complexity index is 769. The van der Waals surface area contributed by atoms with Crippen LogP contribution in [0.2, 0.25) is 0 Å². The van der Waals surface area contributed by atoms with Crippen molar-refractivity contribution in [2.75, 3.05) is 13.1 Å². The van der Waals surface area contributed by atoms with Crippen molar-refractivity contribution in [2.45, 2.75) is 31.7 Å². The van der Waals surface area contributed by atoms with Crippen molar-refractivity contribution in [3.05, 3.63) is 59.6 Å². The molecule has 1 aromatic carbocycles. The highest BCUT2D eigenvalue weighted by molar-refractivity contribution is 5.93. The second-order valence-corrected chi connectivity index (χ2v) is 6.38. The van der Waals surface area contributed by atoms with Crippen LogP contribution < -0.4 is 5.32 Å². The van der Waals surface area contributed by atoms with Gasteiger partial charge in [0, 0.05) is 25.6 Å². The molecule has 0 radical (unpaired) electrons. The fourth-order valence-corrected chi connectivity index (χ4v) is 3.08. The number of hydrogen-bond donors (Lipinski definition) is 1. The zero-order valence-corrected chi connectivity index (χ0v) is 14.2. The molecule has 2 amide bonds. The summed E-state index contributed by atoms with van der Waals surface area (Å²) in [5, 5.41) is 2.91. The smallest absolute Gasteiger partial charge is 0.257 e. The van der Waals surface area contributed by atoms with Gasteiger partial charge >= 0.3 is 0 Å². The summed E-state index contributed by atoms with van der Waals surface area (Å²) >= 11 is 0. The van der Waals surface area contributed by atoms with Crippen LogP contribution in [0.25, 0.3) is 0 Å². The lowest BCUT2D eigenvalue weighted by Crippen LogP contribution is -2.46. The zero-order chi connectivity index (χ0) is 18.5. The molecule has 1 saturated heterocycles. The second kappa shape index (κ2) is 8.12. The van der Waals surface area contributed by atoms with Gasteiger partial charge in [0.15, 0.2) is 0 Å². The number of likely N-dealkylation sites (tertiary alicyclic amines) is 1. The van der Waals surface area contributed by atoms with Crippen LogP contribution in [0, 0.1) is 11.6 Å². The van der Waals surface area contributed by atoms with Gasteiger partial charge in [-0.1, -0.05) is 0 Å². The van der Waals surface area contributed by atoms with E-state index in [4.69, 9.17) is 4.42 Å². The third-order valence-electron chi connectivity index (χ3n) is 4.54. The number of rotatable bonds is 5. The molecular weight excluding hydrogens is 342 g/mol. The fraction of sp³-hybridized carbons (Fsp3) is 0.368. The van der Waals surface area contributed by atoms with Gasteiger partial charge in [-0.15, -0.1) is 0 Å². The first kappa shape index (κ1) is 18.1. The summed E-state index contributed by atoms with van der Waals surface area (Å²) in [5.41, 5.74) is 0.713. The van der Waals surface area contributed by atoms with E-state index in [1.807, 2.05) is 0 Å². The summed E-state index contributed by atoms with van der Waals surface area (Å²) in [5.74, 6) is -1.31. The molecule has 5 nitrogen and oxygen atoms in total. The van der Waals surface area contributed by atoms with E-state index >= 15 is 0 Å². The largest absolute Gasteiger partial charge is 0.472 e. The van der Waals surface area contributed by atoms with E-state index in [1.54, 1.807) is 11.0 Å². The zero-order valence-electron chi connectivity index (χ0n) is 14.2. The Morgan fingerprint density at radius 3 is 2.65 bits per heavy atom. The summed E-state index contributed by atoms with van der Waals surface area (Å²) in [7, 11) is 0. The van der Waals surface area contributed by atoms with Crippen LogP contribution in [0.3, 0.4) is 0 Å². The molecule has 2 heterocycles. The lowest BCUT2D eigenvalue weighted by Gasteiger charge is -2.32. The van der Waals surface area contributed by atoms with Crippen molar-refractivity contribution in [3.8, 4) is 0 Å². The van der Waals surface area contributed by atoms with Crippen molar-refractivity contribution in [2.24, 2.45) is 0 Å². The van der Waals surface area contributed by atoms with Gasteiger partial charge in [0.05, 0.1) is 11.8 Å². The minimum absolute atomic E-state index is 0.0201. The third-order valence-corrected chi connectivity index (χ3v) is 4.54. The van der Waals surface area contributed by atoms with Gasteiger partial charge in [0.1, 0.15) is 17.9 Å². The van der Waals surface area contributed by atoms with Crippen molar-refractivity contribution in [3.63, 3.8) is 0 Å². The number of carbonyl (C=O) groups excluding carboxylic acids is 2. The van der Waals surface area contributed by atoms with Crippen molar-refractivity contribution >= 4 is 11.8 Å². The predicted molar refractivity (Wildman–Crippen MR) is 90.5 cm³/mol. The molecule has 3 rings (SSSR count). The number of aryl methyl sites for hydroxylation is 1. The molecule has 2 aromatic rings. The molecule has 1 aliphatic rings. The van der Waals surface area contributed by atoms with E-state index in [0.29, 0.717) is 31.5 Å². The molecule has 1 aromatic heterocycles.